The van der Waals surface area contributed by atoms with Gasteiger partial charge in [-0.25, -0.2) is 0 Å². The molecule has 0 N–H and O–H groups in total. The SMILES string of the molecule is CS(=O)c1ccc(Br)cc1.CSc1ccc(Br)cc1. The van der Waals surface area contributed by atoms with E-state index in [4.69, 9.17) is 0 Å². The predicted octanol–water partition coefficient (Wildman–Crippen LogP) is 5.36. The van der Waals surface area contributed by atoms with Crippen LogP contribution in [-0.2, 0) is 10.8 Å². The van der Waals surface area contributed by atoms with Crippen LogP contribution in [0.1, 0.15) is 0 Å². The third-order valence-electron chi connectivity index (χ3n) is 2.19. The monoisotopic (exact) mass is 420 g/mol. The number of benzene rings is 2. The molecule has 0 bridgehead atoms. The normalized spacial score (nSPS) is 11.4. The summed E-state index contributed by atoms with van der Waals surface area (Å²) >= 11 is 8.42. The molecule has 2 aromatic rings. The Morgan fingerprint density at radius 3 is 1.68 bits per heavy atom. The maximum absolute atomic E-state index is 10.9. The van der Waals surface area contributed by atoms with Crippen LogP contribution in [0.5, 0.6) is 0 Å². The molecule has 0 saturated carbocycles. The molecule has 0 aromatic heterocycles. The quantitative estimate of drug-likeness (QED) is 0.607. The van der Waals surface area contributed by atoms with Crippen LogP contribution in [0.4, 0.5) is 0 Å². The van der Waals surface area contributed by atoms with Crippen LogP contribution in [0.25, 0.3) is 0 Å². The molecule has 0 radical (unpaired) electrons. The van der Waals surface area contributed by atoms with E-state index in [1.165, 1.54) is 4.90 Å². The molecule has 1 nitrogen and oxygen atoms in total. The molecule has 0 amide bonds. The smallest absolute Gasteiger partial charge is 0.0498 e. The van der Waals surface area contributed by atoms with Crippen LogP contribution in [0.3, 0.4) is 0 Å². The molecule has 19 heavy (non-hydrogen) atoms. The number of hydrogen-bond donors (Lipinski definition) is 0. The lowest BCUT2D eigenvalue weighted by Crippen LogP contribution is -1.84. The molecule has 0 aliphatic carbocycles. The fourth-order valence-corrected chi connectivity index (χ4v) is 2.65. The van der Waals surface area contributed by atoms with Crippen LogP contribution >= 0.6 is 43.6 Å². The van der Waals surface area contributed by atoms with Crippen molar-refractivity contribution in [1.82, 2.24) is 0 Å². The van der Waals surface area contributed by atoms with Crippen LogP contribution in [0, 0.1) is 0 Å². The van der Waals surface area contributed by atoms with Gasteiger partial charge in [-0.05, 0) is 54.8 Å². The molecule has 2 aromatic carbocycles. The largest absolute Gasteiger partial charge is 0.255 e. The lowest BCUT2D eigenvalue weighted by atomic mass is 10.4. The minimum absolute atomic E-state index is 0.858. The zero-order chi connectivity index (χ0) is 14.3. The van der Waals surface area contributed by atoms with Crippen LogP contribution in [0.15, 0.2) is 67.3 Å². The maximum atomic E-state index is 10.9. The van der Waals surface area contributed by atoms with Gasteiger partial charge >= 0.3 is 0 Å². The molecule has 0 fully saturated rings. The molecular weight excluding hydrogens is 408 g/mol. The topological polar surface area (TPSA) is 17.1 Å². The van der Waals surface area contributed by atoms with Crippen molar-refractivity contribution in [2.45, 2.75) is 9.79 Å². The van der Waals surface area contributed by atoms with Crippen LogP contribution in [0.2, 0.25) is 0 Å². The fraction of sp³-hybridized carbons (Fsp3) is 0.143. The number of rotatable bonds is 2. The molecule has 0 aliphatic heterocycles. The first-order chi connectivity index (χ1) is 9.02. The second-order valence-corrected chi connectivity index (χ2v) is 7.66. The van der Waals surface area contributed by atoms with Gasteiger partial charge in [0.25, 0.3) is 0 Å². The second-order valence-electron chi connectivity index (χ2n) is 3.57. The highest BCUT2D eigenvalue weighted by molar-refractivity contribution is 9.10. The van der Waals surface area contributed by atoms with Crippen molar-refractivity contribution in [2.75, 3.05) is 12.5 Å². The summed E-state index contributed by atoms with van der Waals surface area (Å²) in [5, 5.41) is 0. The Kier molecular flexibility index (Phi) is 7.99. The van der Waals surface area contributed by atoms with Crippen molar-refractivity contribution in [2.24, 2.45) is 0 Å². The maximum Gasteiger partial charge on any atom is 0.0498 e. The van der Waals surface area contributed by atoms with Gasteiger partial charge < -0.3 is 0 Å². The molecule has 5 heteroatoms. The van der Waals surface area contributed by atoms with E-state index in [1.54, 1.807) is 18.0 Å². The summed E-state index contributed by atoms with van der Waals surface area (Å²) in [5.74, 6) is 0. The molecule has 0 heterocycles. The summed E-state index contributed by atoms with van der Waals surface area (Å²) in [5.41, 5.74) is 0. The van der Waals surface area contributed by atoms with Crippen molar-refractivity contribution < 1.29 is 4.21 Å². The lowest BCUT2D eigenvalue weighted by molar-refractivity contribution is 0.687. The van der Waals surface area contributed by atoms with Crippen molar-refractivity contribution in [3.05, 3.63) is 57.5 Å². The average molecular weight is 422 g/mol. The Morgan fingerprint density at radius 2 is 1.32 bits per heavy atom. The average Bonchev–Trinajstić information content (AvgIpc) is 2.41. The van der Waals surface area contributed by atoms with E-state index in [9.17, 15) is 4.21 Å². The van der Waals surface area contributed by atoms with E-state index in [1.807, 2.05) is 36.4 Å². The first kappa shape index (κ1) is 17.0. The molecule has 1 atom stereocenters. The Hall–Kier alpha value is -0.100. The van der Waals surface area contributed by atoms with Crippen molar-refractivity contribution >= 4 is 54.4 Å². The second kappa shape index (κ2) is 8.95. The highest BCUT2D eigenvalue weighted by Crippen LogP contribution is 2.17. The summed E-state index contributed by atoms with van der Waals surface area (Å²) in [6.07, 6.45) is 3.74. The Labute approximate surface area is 137 Å². The van der Waals surface area contributed by atoms with E-state index >= 15 is 0 Å². The summed E-state index contributed by atoms with van der Waals surface area (Å²) in [6, 6.07) is 15.7. The zero-order valence-electron chi connectivity index (χ0n) is 10.6. The minimum atomic E-state index is -0.858. The fourth-order valence-electron chi connectivity index (χ4n) is 1.20. The first-order valence-corrected chi connectivity index (χ1v) is 9.78. The molecule has 1 unspecified atom stereocenters. The van der Waals surface area contributed by atoms with Gasteiger partial charge in [-0.15, -0.1) is 11.8 Å². The van der Waals surface area contributed by atoms with Crippen LogP contribution < -0.4 is 0 Å². The van der Waals surface area contributed by atoms with E-state index in [-0.39, 0.29) is 0 Å². The number of halogens is 2. The summed E-state index contributed by atoms with van der Waals surface area (Å²) in [7, 11) is -0.858. The number of hydrogen-bond acceptors (Lipinski definition) is 2. The third kappa shape index (κ3) is 6.75. The Morgan fingerprint density at radius 1 is 0.895 bits per heavy atom. The zero-order valence-corrected chi connectivity index (χ0v) is 15.4. The molecular formula is C14H14Br2OS2. The van der Waals surface area contributed by atoms with Gasteiger partial charge in [-0.1, -0.05) is 31.9 Å². The Bertz CT molecular complexity index is 524. The molecule has 0 aliphatic rings. The summed E-state index contributed by atoms with van der Waals surface area (Å²) < 4.78 is 13.0. The molecule has 0 saturated heterocycles. The highest BCUT2D eigenvalue weighted by Gasteiger charge is 1.94. The van der Waals surface area contributed by atoms with Gasteiger partial charge in [-0.3, -0.25) is 4.21 Å². The van der Waals surface area contributed by atoms with Gasteiger partial charge in [0.1, 0.15) is 0 Å². The minimum Gasteiger partial charge on any atom is -0.255 e. The summed E-state index contributed by atoms with van der Waals surface area (Å²) in [6.45, 7) is 0. The molecule has 0 spiro atoms. The van der Waals surface area contributed by atoms with Gasteiger partial charge in [0, 0.05) is 35.8 Å². The van der Waals surface area contributed by atoms with E-state index in [2.05, 4.69) is 50.2 Å². The van der Waals surface area contributed by atoms with E-state index < -0.39 is 10.8 Å². The van der Waals surface area contributed by atoms with Crippen molar-refractivity contribution in [3.63, 3.8) is 0 Å². The lowest BCUT2D eigenvalue weighted by Gasteiger charge is -1.93. The molecule has 102 valence electrons. The third-order valence-corrected chi connectivity index (χ3v) is 4.93. The van der Waals surface area contributed by atoms with Gasteiger partial charge in [0.15, 0.2) is 0 Å². The van der Waals surface area contributed by atoms with E-state index in [0.29, 0.717) is 0 Å². The van der Waals surface area contributed by atoms with Gasteiger partial charge in [-0.2, -0.15) is 0 Å². The highest BCUT2D eigenvalue weighted by atomic mass is 79.9. The number of thioether (sulfide) groups is 1. The van der Waals surface area contributed by atoms with E-state index in [0.717, 1.165) is 13.8 Å². The predicted molar refractivity (Wildman–Crippen MR) is 92.4 cm³/mol. The molecule has 2 rings (SSSR count). The van der Waals surface area contributed by atoms with Gasteiger partial charge in [0.2, 0.25) is 0 Å². The Balaban J connectivity index is 0.000000191. The summed E-state index contributed by atoms with van der Waals surface area (Å²) in [4.78, 5) is 2.17. The standard InChI is InChI=1S/C7H7BrOS.C7H7BrS/c1-10(9)7-4-2-6(8)3-5-7;1-9-7-4-2-6(8)3-5-7/h2-5H,1H3;2-5H,1H3. The van der Waals surface area contributed by atoms with Crippen molar-refractivity contribution in [1.29, 1.82) is 0 Å². The van der Waals surface area contributed by atoms with Crippen molar-refractivity contribution in [3.8, 4) is 0 Å². The first-order valence-electron chi connectivity index (χ1n) is 5.41. The van der Waals surface area contributed by atoms with Crippen LogP contribution in [-0.4, -0.2) is 16.7 Å². The van der Waals surface area contributed by atoms with Gasteiger partial charge in [0.05, 0.1) is 0 Å².